The number of aromatic hydroxyl groups is 1. The van der Waals surface area contributed by atoms with E-state index in [-0.39, 0.29) is 11.8 Å². The Bertz CT molecular complexity index is 740. The minimum atomic E-state index is -0.185. The van der Waals surface area contributed by atoms with Gasteiger partial charge in [-0.25, -0.2) is 4.79 Å². The van der Waals surface area contributed by atoms with Gasteiger partial charge in [0.1, 0.15) is 5.75 Å². The molecule has 5 heteroatoms. The maximum atomic E-state index is 12.6. The number of phenols is 1. The normalized spacial score (nSPS) is 14.6. The van der Waals surface area contributed by atoms with E-state index < -0.39 is 0 Å². The van der Waals surface area contributed by atoms with E-state index >= 15 is 0 Å². The Balaban J connectivity index is 1.70. The Kier molecular flexibility index (Phi) is 6.00. The Morgan fingerprint density at radius 1 is 1.04 bits per heavy atom. The molecule has 1 heterocycles. The van der Waals surface area contributed by atoms with E-state index in [9.17, 15) is 9.90 Å². The lowest BCUT2D eigenvalue weighted by atomic mass is 10.2. The number of phenolic OH excluding ortho intramolecular Hbond substituents is 1. The van der Waals surface area contributed by atoms with Crippen molar-refractivity contribution in [1.29, 1.82) is 0 Å². The molecule has 0 atom stereocenters. The first-order valence-electron chi connectivity index (χ1n) is 9.28. The van der Waals surface area contributed by atoms with Crippen LogP contribution >= 0.6 is 0 Å². The number of hydrogen-bond donors (Lipinski definition) is 2. The number of carbonyl (C=O) groups excluding carboxylic acids is 1. The van der Waals surface area contributed by atoms with Gasteiger partial charge in [0.05, 0.1) is 17.9 Å². The number of para-hydroxylation sites is 3. The summed E-state index contributed by atoms with van der Waals surface area (Å²) in [7, 11) is 1.73. The number of carbonyl (C=O) groups is 1. The average molecular weight is 353 g/mol. The monoisotopic (exact) mass is 353 g/mol. The number of nitrogens with zero attached hydrogens (tertiary/aromatic N) is 2. The van der Waals surface area contributed by atoms with E-state index in [0.717, 1.165) is 30.0 Å². The molecule has 2 aromatic carbocycles. The van der Waals surface area contributed by atoms with Crippen LogP contribution in [0.1, 0.15) is 31.2 Å². The molecule has 2 aromatic rings. The van der Waals surface area contributed by atoms with Crippen LogP contribution in [0.5, 0.6) is 5.75 Å². The average Bonchev–Trinajstić information content (AvgIpc) is 2.93. The lowest BCUT2D eigenvalue weighted by molar-refractivity contribution is 0.220. The third-order valence-electron chi connectivity index (χ3n) is 4.84. The highest BCUT2D eigenvalue weighted by atomic mass is 16.3. The molecular formula is C21H27N3O2. The predicted octanol–water partition coefficient (Wildman–Crippen LogP) is 4.44. The number of amides is 2. The van der Waals surface area contributed by atoms with Crippen molar-refractivity contribution in [1.82, 2.24) is 4.90 Å². The fourth-order valence-electron chi connectivity index (χ4n) is 3.35. The molecule has 0 saturated carbocycles. The molecule has 0 spiro atoms. The van der Waals surface area contributed by atoms with Crippen molar-refractivity contribution in [3.05, 3.63) is 54.1 Å². The second kappa shape index (κ2) is 8.61. The lowest BCUT2D eigenvalue weighted by Crippen LogP contribution is -2.32. The van der Waals surface area contributed by atoms with Crippen LogP contribution in [0, 0.1) is 0 Å². The van der Waals surface area contributed by atoms with E-state index in [1.807, 2.05) is 30.3 Å². The molecule has 138 valence electrons. The summed E-state index contributed by atoms with van der Waals surface area (Å²) < 4.78 is 0. The highest BCUT2D eigenvalue weighted by molar-refractivity contribution is 5.93. The van der Waals surface area contributed by atoms with Crippen LogP contribution in [-0.4, -0.2) is 36.2 Å². The summed E-state index contributed by atoms with van der Waals surface area (Å²) in [5, 5.41) is 12.9. The first kappa shape index (κ1) is 18.1. The molecule has 5 nitrogen and oxygen atoms in total. The SMILES string of the molecule is CN(Cc1ccccc1O)C(=O)Nc1ccccc1N1CCCCCC1. The summed E-state index contributed by atoms with van der Waals surface area (Å²) in [5.41, 5.74) is 2.65. The van der Waals surface area contributed by atoms with E-state index in [2.05, 4.69) is 16.3 Å². The van der Waals surface area contributed by atoms with Crippen molar-refractivity contribution in [3.63, 3.8) is 0 Å². The first-order chi connectivity index (χ1) is 12.6. The van der Waals surface area contributed by atoms with Gasteiger partial charge in [-0.15, -0.1) is 0 Å². The maximum absolute atomic E-state index is 12.6. The van der Waals surface area contributed by atoms with Gasteiger partial charge in [0.15, 0.2) is 0 Å². The number of rotatable bonds is 4. The Morgan fingerprint density at radius 2 is 1.69 bits per heavy atom. The standard InChI is InChI=1S/C21H27N3O2/c1-23(16-17-10-4-7-13-20(17)25)21(26)22-18-11-5-6-12-19(18)24-14-8-2-3-9-15-24/h4-7,10-13,25H,2-3,8-9,14-16H2,1H3,(H,22,26). The maximum Gasteiger partial charge on any atom is 0.321 e. The molecule has 0 aliphatic carbocycles. The van der Waals surface area contributed by atoms with Gasteiger partial charge < -0.3 is 20.2 Å². The number of hydrogen-bond acceptors (Lipinski definition) is 3. The van der Waals surface area contributed by atoms with Gasteiger partial charge in [-0.1, -0.05) is 43.2 Å². The van der Waals surface area contributed by atoms with Gasteiger partial charge in [0.25, 0.3) is 0 Å². The smallest absolute Gasteiger partial charge is 0.321 e. The van der Waals surface area contributed by atoms with Gasteiger partial charge >= 0.3 is 6.03 Å². The van der Waals surface area contributed by atoms with Crippen LogP contribution < -0.4 is 10.2 Å². The van der Waals surface area contributed by atoms with Crippen LogP contribution in [0.3, 0.4) is 0 Å². The minimum Gasteiger partial charge on any atom is -0.508 e. The molecule has 1 saturated heterocycles. The molecule has 1 fully saturated rings. The number of anilines is 2. The zero-order chi connectivity index (χ0) is 18.4. The van der Waals surface area contributed by atoms with Crippen molar-refractivity contribution >= 4 is 17.4 Å². The van der Waals surface area contributed by atoms with Crippen molar-refractivity contribution < 1.29 is 9.90 Å². The minimum absolute atomic E-state index is 0.185. The molecule has 0 unspecified atom stereocenters. The summed E-state index contributed by atoms with van der Waals surface area (Å²) in [5.74, 6) is 0.206. The molecule has 26 heavy (non-hydrogen) atoms. The molecule has 1 aliphatic heterocycles. The third-order valence-corrected chi connectivity index (χ3v) is 4.84. The highest BCUT2D eigenvalue weighted by Gasteiger charge is 2.17. The molecule has 2 amide bonds. The molecule has 0 bridgehead atoms. The fourth-order valence-corrected chi connectivity index (χ4v) is 3.35. The third kappa shape index (κ3) is 4.48. The van der Waals surface area contributed by atoms with Crippen LogP contribution in [0.2, 0.25) is 0 Å². The lowest BCUT2D eigenvalue weighted by Gasteiger charge is -2.26. The van der Waals surface area contributed by atoms with Crippen molar-refractivity contribution in [2.75, 3.05) is 30.4 Å². The van der Waals surface area contributed by atoms with Crippen molar-refractivity contribution in [3.8, 4) is 5.75 Å². The van der Waals surface area contributed by atoms with Crippen LogP contribution in [0.15, 0.2) is 48.5 Å². The van der Waals surface area contributed by atoms with Gasteiger partial charge in [0, 0.05) is 25.7 Å². The molecule has 1 aliphatic rings. The molecule has 2 N–H and O–H groups in total. The predicted molar refractivity (Wildman–Crippen MR) is 106 cm³/mol. The summed E-state index contributed by atoms with van der Waals surface area (Å²) in [6.07, 6.45) is 4.92. The van der Waals surface area contributed by atoms with Crippen molar-refractivity contribution in [2.24, 2.45) is 0 Å². The van der Waals surface area contributed by atoms with Gasteiger partial charge in [-0.05, 0) is 31.0 Å². The van der Waals surface area contributed by atoms with Crippen molar-refractivity contribution in [2.45, 2.75) is 32.2 Å². The molecular weight excluding hydrogens is 326 g/mol. The van der Waals surface area contributed by atoms with E-state index in [1.54, 1.807) is 24.1 Å². The summed E-state index contributed by atoms with van der Waals surface area (Å²) in [6, 6.07) is 14.9. The Hall–Kier alpha value is -2.69. The summed E-state index contributed by atoms with van der Waals surface area (Å²) in [4.78, 5) is 16.6. The molecule has 3 rings (SSSR count). The largest absolute Gasteiger partial charge is 0.508 e. The zero-order valence-electron chi connectivity index (χ0n) is 15.3. The van der Waals surface area contributed by atoms with Crippen LogP contribution in [-0.2, 0) is 6.54 Å². The highest BCUT2D eigenvalue weighted by Crippen LogP contribution is 2.28. The number of urea groups is 1. The second-order valence-corrected chi connectivity index (χ2v) is 6.83. The van der Waals surface area contributed by atoms with Crippen LogP contribution in [0.25, 0.3) is 0 Å². The second-order valence-electron chi connectivity index (χ2n) is 6.83. The fraction of sp³-hybridized carbons (Fsp3) is 0.381. The van der Waals surface area contributed by atoms with E-state index in [1.165, 1.54) is 25.7 Å². The zero-order valence-corrected chi connectivity index (χ0v) is 15.3. The molecule has 0 aromatic heterocycles. The number of nitrogens with one attached hydrogen (secondary N) is 1. The first-order valence-corrected chi connectivity index (χ1v) is 9.28. The molecule has 0 radical (unpaired) electrons. The van der Waals surface area contributed by atoms with Crippen LogP contribution in [0.4, 0.5) is 16.2 Å². The Labute approximate surface area is 155 Å². The summed E-state index contributed by atoms with van der Waals surface area (Å²) in [6.45, 7) is 2.41. The van der Waals surface area contributed by atoms with Gasteiger partial charge in [0.2, 0.25) is 0 Å². The van der Waals surface area contributed by atoms with Gasteiger partial charge in [-0.2, -0.15) is 0 Å². The Morgan fingerprint density at radius 3 is 2.42 bits per heavy atom. The quantitative estimate of drug-likeness (QED) is 0.854. The van der Waals surface area contributed by atoms with E-state index in [0.29, 0.717) is 6.54 Å². The topological polar surface area (TPSA) is 55.8 Å². The van der Waals surface area contributed by atoms with E-state index in [4.69, 9.17) is 0 Å². The van der Waals surface area contributed by atoms with Gasteiger partial charge in [-0.3, -0.25) is 0 Å². The number of benzene rings is 2. The summed E-state index contributed by atoms with van der Waals surface area (Å²) >= 11 is 0.